The van der Waals surface area contributed by atoms with Gasteiger partial charge in [-0.2, -0.15) is 9.40 Å². The van der Waals surface area contributed by atoms with Gasteiger partial charge in [-0.25, -0.2) is 13.2 Å². The van der Waals surface area contributed by atoms with E-state index in [4.69, 9.17) is 0 Å². The van der Waals surface area contributed by atoms with Crippen molar-refractivity contribution in [2.24, 2.45) is 7.05 Å². The third kappa shape index (κ3) is 3.96. The van der Waals surface area contributed by atoms with Crippen molar-refractivity contribution >= 4 is 21.8 Å². The van der Waals surface area contributed by atoms with Gasteiger partial charge in [0.2, 0.25) is 10.0 Å². The first-order valence-electron chi connectivity index (χ1n) is 10.4. The van der Waals surface area contributed by atoms with Crippen molar-refractivity contribution in [2.45, 2.75) is 62.4 Å². The molecular formula is C21H28N4O4S. The van der Waals surface area contributed by atoms with Crippen LogP contribution < -0.4 is 5.32 Å². The number of aromatic nitrogens is 2. The molecule has 2 aromatic rings. The first kappa shape index (κ1) is 20.9. The summed E-state index contributed by atoms with van der Waals surface area (Å²) in [4.78, 5) is 11.6. The van der Waals surface area contributed by atoms with Gasteiger partial charge in [0.1, 0.15) is 0 Å². The Hall–Kier alpha value is -2.39. The number of nitrogens with one attached hydrogen (secondary N) is 1. The Kier molecular flexibility index (Phi) is 5.84. The van der Waals surface area contributed by atoms with Crippen molar-refractivity contribution in [3.8, 4) is 0 Å². The fourth-order valence-corrected chi connectivity index (χ4v) is 6.24. The number of nitrogens with zero attached hydrogens (tertiary/aromatic N) is 3. The van der Waals surface area contributed by atoms with E-state index in [1.165, 1.54) is 30.5 Å². The number of rotatable bonds is 6. The number of amides is 1. The number of hydrogen-bond donors (Lipinski definition) is 1. The molecule has 9 heteroatoms. The van der Waals surface area contributed by atoms with Gasteiger partial charge in [-0.3, -0.25) is 10.00 Å². The van der Waals surface area contributed by atoms with E-state index in [0.29, 0.717) is 12.2 Å². The molecule has 0 saturated heterocycles. The lowest BCUT2D eigenvalue weighted by atomic mass is 10.2. The third-order valence-electron chi connectivity index (χ3n) is 6.13. The topological polar surface area (TPSA) is 93.5 Å². The number of carbonyl (C=O) groups excluding carboxylic acids is 1. The molecule has 0 spiro atoms. The van der Waals surface area contributed by atoms with Crippen molar-refractivity contribution in [3.63, 3.8) is 0 Å². The van der Waals surface area contributed by atoms with Gasteiger partial charge in [-0.1, -0.05) is 12.8 Å². The Morgan fingerprint density at radius 3 is 2.57 bits per heavy atom. The molecule has 1 heterocycles. The van der Waals surface area contributed by atoms with E-state index in [1.807, 2.05) is 11.7 Å². The molecule has 0 radical (unpaired) electrons. The van der Waals surface area contributed by atoms with Crippen LogP contribution in [0.15, 0.2) is 29.2 Å². The molecule has 30 heavy (non-hydrogen) atoms. The molecular weight excluding hydrogens is 404 g/mol. The first-order chi connectivity index (χ1) is 14.4. The summed E-state index contributed by atoms with van der Waals surface area (Å²) in [6.45, 7) is 0.304. The zero-order valence-corrected chi connectivity index (χ0v) is 18.2. The lowest BCUT2D eigenvalue weighted by molar-refractivity contribution is 0.187. The molecule has 1 saturated carbocycles. The number of aryl methyl sites for hydroxylation is 1. The minimum atomic E-state index is -3.70. The average Bonchev–Trinajstić information content (AvgIpc) is 3.47. The monoisotopic (exact) mass is 432 g/mol. The van der Waals surface area contributed by atoms with Gasteiger partial charge in [0.25, 0.3) is 0 Å². The predicted octanol–water partition coefficient (Wildman–Crippen LogP) is 3.22. The summed E-state index contributed by atoms with van der Waals surface area (Å²) < 4.78 is 35.3. The van der Waals surface area contributed by atoms with E-state index in [0.717, 1.165) is 50.6 Å². The van der Waals surface area contributed by atoms with E-state index < -0.39 is 16.1 Å². The van der Waals surface area contributed by atoms with Crippen LogP contribution in [0.2, 0.25) is 0 Å². The smallest absolute Gasteiger partial charge is 0.411 e. The first-order valence-corrected chi connectivity index (χ1v) is 11.8. The second-order valence-corrected chi connectivity index (χ2v) is 9.87. The number of benzene rings is 1. The van der Waals surface area contributed by atoms with Crippen LogP contribution in [0.1, 0.15) is 49.1 Å². The highest BCUT2D eigenvalue weighted by Crippen LogP contribution is 2.33. The predicted molar refractivity (Wildman–Crippen MR) is 113 cm³/mol. The number of sulfonamides is 1. The normalized spacial score (nSPS) is 16.8. The van der Waals surface area contributed by atoms with Crippen molar-refractivity contribution < 1.29 is 17.9 Å². The molecule has 162 valence electrons. The van der Waals surface area contributed by atoms with Crippen LogP contribution in [-0.4, -0.2) is 41.7 Å². The van der Waals surface area contributed by atoms with Gasteiger partial charge in [-0.15, -0.1) is 0 Å². The minimum Gasteiger partial charge on any atom is -0.453 e. The zero-order valence-electron chi connectivity index (χ0n) is 17.4. The molecule has 8 nitrogen and oxygen atoms in total. The van der Waals surface area contributed by atoms with Crippen molar-refractivity contribution in [3.05, 3.63) is 41.2 Å². The van der Waals surface area contributed by atoms with Crippen molar-refractivity contribution in [1.29, 1.82) is 0 Å². The fourth-order valence-electron chi connectivity index (χ4n) is 4.59. The highest BCUT2D eigenvalue weighted by atomic mass is 32.2. The summed E-state index contributed by atoms with van der Waals surface area (Å²) in [5.41, 5.74) is 3.81. The van der Waals surface area contributed by atoms with Crippen molar-refractivity contribution in [2.75, 3.05) is 12.4 Å². The van der Waals surface area contributed by atoms with Crippen LogP contribution in [0.25, 0.3) is 0 Å². The number of carbonyl (C=O) groups is 1. The minimum absolute atomic E-state index is 0.0121. The highest BCUT2D eigenvalue weighted by Gasteiger charge is 2.35. The largest absolute Gasteiger partial charge is 0.453 e. The van der Waals surface area contributed by atoms with Crippen molar-refractivity contribution in [1.82, 2.24) is 14.1 Å². The molecule has 2 aliphatic rings. The number of anilines is 1. The molecule has 0 unspecified atom stereocenters. The van der Waals surface area contributed by atoms with E-state index >= 15 is 0 Å². The molecule has 0 bridgehead atoms. The molecule has 1 aromatic carbocycles. The van der Waals surface area contributed by atoms with Gasteiger partial charge in [0.05, 0.1) is 24.2 Å². The molecule has 0 aliphatic heterocycles. The van der Waals surface area contributed by atoms with Gasteiger partial charge in [-0.05, 0) is 61.9 Å². The molecule has 1 amide bonds. The Morgan fingerprint density at radius 1 is 1.20 bits per heavy atom. The second-order valence-electron chi connectivity index (χ2n) is 7.98. The van der Waals surface area contributed by atoms with Crippen LogP contribution in [0, 0.1) is 0 Å². The van der Waals surface area contributed by atoms with E-state index in [1.54, 1.807) is 16.4 Å². The van der Waals surface area contributed by atoms with E-state index in [-0.39, 0.29) is 10.9 Å². The van der Waals surface area contributed by atoms with Gasteiger partial charge >= 0.3 is 6.09 Å². The molecule has 1 fully saturated rings. The maximum atomic E-state index is 13.6. The average molecular weight is 433 g/mol. The molecule has 0 atom stereocenters. The van der Waals surface area contributed by atoms with Gasteiger partial charge < -0.3 is 4.74 Å². The summed E-state index contributed by atoms with van der Waals surface area (Å²) in [5.74, 6) is 0. The Bertz CT molecular complexity index is 1020. The quantitative estimate of drug-likeness (QED) is 0.756. The molecule has 1 N–H and O–H groups in total. The van der Waals surface area contributed by atoms with E-state index in [2.05, 4.69) is 15.2 Å². The number of methoxy groups -OCH3 is 1. The lowest BCUT2D eigenvalue weighted by Gasteiger charge is -2.28. The maximum absolute atomic E-state index is 13.6. The summed E-state index contributed by atoms with van der Waals surface area (Å²) in [6, 6.07) is 6.21. The molecule has 4 rings (SSSR count). The van der Waals surface area contributed by atoms with E-state index in [9.17, 15) is 13.2 Å². The highest BCUT2D eigenvalue weighted by molar-refractivity contribution is 7.89. The fraction of sp³-hybridized carbons (Fsp3) is 0.524. The van der Waals surface area contributed by atoms with Crippen LogP contribution in [0.4, 0.5) is 10.5 Å². The Morgan fingerprint density at radius 2 is 1.90 bits per heavy atom. The lowest BCUT2D eigenvalue weighted by Crippen LogP contribution is -2.38. The van der Waals surface area contributed by atoms with Crippen LogP contribution >= 0.6 is 0 Å². The molecule has 2 aliphatic carbocycles. The summed E-state index contributed by atoms with van der Waals surface area (Å²) in [7, 11) is -0.482. The third-order valence-corrected chi connectivity index (χ3v) is 8.04. The summed E-state index contributed by atoms with van der Waals surface area (Å²) >= 11 is 0. The Balaban J connectivity index is 1.63. The maximum Gasteiger partial charge on any atom is 0.411 e. The van der Waals surface area contributed by atoms with Gasteiger partial charge in [0, 0.05) is 24.5 Å². The SMILES string of the molecule is COC(=O)Nc1ccc(S(=O)(=O)N(Cc2nn(C)c3c2CCC3)C2CCCC2)cc1. The van der Waals surface area contributed by atoms with Gasteiger partial charge in [0.15, 0.2) is 0 Å². The second kappa shape index (κ2) is 8.39. The molecule has 1 aromatic heterocycles. The standard InChI is InChI=1S/C21H28N4O4S/c1-24-20-9-5-8-18(20)19(23-24)14-25(16-6-3-4-7-16)30(27,28)17-12-10-15(11-13-17)22-21(26)29-2/h10-13,16H,3-9,14H2,1-2H3,(H,22,26). The summed E-state index contributed by atoms with van der Waals surface area (Å²) in [6.07, 6.45) is 6.29. The number of ether oxygens (including phenoxy) is 1. The zero-order chi connectivity index (χ0) is 21.3. The van der Waals surface area contributed by atoms with Crippen LogP contribution in [0.5, 0.6) is 0 Å². The van der Waals surface area contributed by atoms with Crippen LogP contribution in [0.3, 0.4) is 0 Å². The Labute approximate surface area is 177 Å². The number of hydrogen-bond acceptors (Lipinski definition) is 5. The summed E-state index contributed by atoms with van der Waals surface area (Å²) in [5, 5.41) is 7.20. The van der Waals surface area contributed by atoms with Crippen LogP contribution in [-0.2, 0) is 41.2 Å². The number of fused-ring (bicyclic) bond motifs is 1.